The van der Waals surface area contributed by atoms with Crippen LogP contribution in [-0.2, 0) is 17.6 Å². The molecular formula is C26H27N5O2S. The minimum absolute atomic E-state index is 0.129. The average Bonchev–Trinajstić information content (AvgIpc) is 3.31. The number of rotatable bonds is 9. The quantitative estimate of drug-likeness (QED) is 0.337. The summed E-state index contributed by atoms with van der Waals surface area (Å²) in [6.45, 7) is 4.28. The van der Waals surface area contributed by atoms with Gasteiger partial charge < -0.3 is 10.1 Å². The van der Waals surface area contributed by atoms with Gasteiger partial charge in [-0.05, 0) is 48.2 Å². The van der Waals surface area contributed by atoms with Gasteiger partial charge in [0.25, 0.3) is 0 Å². The molecule has 4 aromatic rings. The Labute approximate surface area is 203 Å². The van der Waals surface area contributed by atoms with E-state index in [0.29, 0.717) is 22.4 Å². The van der Waals surface area contributed by atoms with Gasteiger partial charge in [0, 0.05) is 29.7 Å². The number of carbonyl (C=O) groups excluding carboxylic acids is 1. The van der Waals surface area contributed by atoms with E-state index in [1.54, 1.807) is 25.6 Å². The fraction of sp³-hybridized carbons (Fsp3) is 0.231. The number of aromatic nitrogens is 4. The molecule has 1 N–H and O–H groups in total. The number of nitrogens with one attached hydrogen (secondary N) is 1. The predicted octanol–water partition coefficient (Wildman–Crippen LogP) is 5.19. The van der Waals surface area contributed by atoms with Crippen LogP contribution >= 0.6 is 11.8 Å². The van der Waals surface area contributed by atoms with Crippen LogP contribution in [0.1, 0.15) is 25.0 Å². The van der Waals surface area contributed by atoms with E-state index < -0.39 is 0 Å². The molecule has 7 nitrogen and oxygen atoms in total. The van der Waals surface area contributed by atoms with E-state index in [-0.39, 0.29) is 11.7 Å². The summed E-state index contributed by atoms with van der Waals surface area (Å²) in [5.41, 5.74) is 5.04. The van der Waals surface area contributed by atoms with Crippen LogP contribution in [0.15, 0.2) is 72.1 Å². The molecule has 2 heterocycles. The molecule has 8 heteroatoms. The Hall–Kier alpha value is -3.65. The summed E-state index contributed by atoms with van der Waals surface area (Å²) in [5, 5.41) is 12.6. The highest BCUT2D eigenvalue weighted by atomic mass is 32.2. The lowest BCUT2D eigenvalue weighted by atomic mass is 10.0. The van der Waals surface area contributed by atoms with Crippen molar-refractivity contribution in [2.24, 2.45) is 0 Å². The summed E-state index contributed by atoms with van der Waals surface area (Å²) in [5.74, 6) is 1.46. The standard InChI is InChI=1S/C26H27N5O2S/c1-4-18-9-6-10-19(5-2)24(18)31-25(20-11-8-14-27-16-20)29-30-26(31)34-17-23(32)28-21-12-7-13-22(15-21)33-3/h6-16H,4-5,17H2,1-3H3,(H,28,32). The minimum Gasteiger partial charge on any atom is -0.497 e. The van der Waals surface area contributed by atoms with Crippen molar-refractivity contribution in [2.45, 2.75) is 31.8 Å². The SMILES string of the molecule is CCc1cccc(CC)c1-n1c(SCC(=O)Nc2cccc(OC)c2)nnc1-c1cccnc1. The van der Waals surface area contributed by atoms with E-state index in [1.165, 1.54) is 22.9 Å². The molecular weight excluding hydrogens is 446 g/mol. The second kappa shape index (κ2) is 11.0. The number of carbonyl (C=O) groups is 1. The van der Waals surface area contributed by atoms with Crippen LogP contribution in [0.25, 0.3) is 17.1 Å². The Kier molecular flexibility index (Phi) is 7.59. The molecule has 0 aliphatic rings. The predicted molar refractivity (Wildman–Crippen MR) is 136 cm³/mol. The number of hydrogen-bond donors (Lipinski definition) is 1. The fourth-order valence-corrected chi connectivity index (χ4v) is 4.52. The molecule has 0 aliphatic heterocycles. The van der Waals surface area contributed by atoms with Gasteiger partial charge in [-0.25, -0.2) is 0 Å². The van der Waals surface area contributed by atoms with Crippen molar-refractivity contribution in [1.29, 1.82) is 0 Å². The topological polar surface area (TPSA) is 81.9 Å². The summed E-state index contributed by atoms with van der Waals surface area (Å²) in [4.78, 5) is 17.0. The molecule has 2 aromatic heterocycles. The lowest BCUT2D eigenvalue weighted by Gasteiger charge is -2.18. The number of aryl methyl sites for hydroxylation is 2. The summed E-state index contributed by atoms with van der Waals surface area (Å²) < 4.78 is 7.30. The fourth-order valence-electron chi connectivity index (χ4n) is 3.78. The number of anilines is 1. The largest absolute Gasteiger partial charge is 0.497 e. The molecule has 0 fully saturated rings. The van der Waals surface area contributed by atoms with Crippen molar-refractivity contribution in [1.82, 2.24) is 19.7 Å². The lowest BCUT2D eigenvalue weighted by molar-refractivity contribution is -0.113. The van der Waals surface area contributed by atoms with Crippen molar-refractivity contribution in [3.63, 3.8) is 0 Å². The molecule has 0 unspecified atom stereocenters. The van der Waals surface area contributed by atoms with E-state index in [1.807, 2.05) is 30.3 Å². The van der Waals surface area contributed by atoms with Gasteiger partial charge in [-0.3, -0.25) is 14.3 Å². The van der Waals surface area contributed by atoms with Crippen LogP contribution in [-0.4, -0.2) is 38.5 Å². The number of pyridine rings is 1. The Balaban J connectivity index is 1.67. The third kappa shape index (κ3) is 5.12. The zero-order valence-electron chi connectivity index (χ0n) is 19.5. The minimum atomic E-state index is -0.129. The first-order valence-electron chi connectivity index (χ1n) is 11.2. The summed E-state index contributed by atoms with van der Waals surface area (Å²) in [6, 6.07) is 17.5. The van der Waals surface area contributed by atoms with Crippen LogP contribution < -0.4 is 10.1 Å². The first-order valence-corrected chi connectivity index (χ1v) is 12.2. The summed E-state index contributed by atoms with van der Waals surface area (Å²) >= 11 is 1.36. The first kappa shape index (κ1) is 23.5. The van der Waals surface area contributed by atoms with E-state index in [0.717, 1.165) is 24.1 Å². The van der Waals surface area contributed by atoms with Crippen molar-refractivity contribution < 1.29 is 9.53 Å². The Bertz CT molecular complexity index is 1250. The maximum Gasteiger partial charge on any atom is 0.234 e. The summed E-state index contributed by atoms with van der Waals surface area (Å²) in [7, 11) is 1.60. The molecule has 174 valence electrons. The number of nitrogens with zero attached hydrogens (tertiary/aromatic N) is 4. The van der Waals surface area contributed by atoms with Gasteiger partial charge >= 0.3 is 0 Å². The molecule has 0 bridgehead atoms. The van der Waals surface area contributed by atoms with E-state index in [9.17, 15) is 4.79 Å². The Morgan fingerprint density at radius 1 is 1.03 bits per heavy atom. The molecule has 0 radical (unpaired) electrons. The van der Waals surface area contributed by atoms with Crippen molar-refractivity contribution >= 4 is 23.4 Å². The van der Waals surface area contributed by atoms with Crippen LogP contribution in [0.5, 0.6) is 5.75 Å². The summed E-state index contributed by atoms with van der Waals surface area (Å²) in [6.07, 6.45) is 5.26. The number of thioether (sulfide) groups is 1. The third-order valence-electron chi connectivity index (χ3n) is 5.43. The van der Waals surface area contributed by atoms with Gasteiger partial charge in [-0.1, -0.05) is 49.9 Å². The second-order valence-corrected chi connectivity index (χ2v) is 8.53. The molecule has 0 atom stereocenters. The van der Waals surface area contributed by atoms with Gasteiger partial charge in [0.1, 0.15) is 5.75 Å². The van der Waals surface area contributed by atoms with Gasteiger partial charge in [-0.15, -0.1) is 10.2 Å². The molecule has 34 heavy (non-hydrogen) atoms. The molecule has 0 aliphatic carbocycles. The Morgan fingerprint density at radius 2 is 1.79 bits per heavy atom. The van der Waals surface area contributed by atoms with Crippen molar-refractivity contribution in [2.75, 3.05) is 18.2 Å². The molecule has 0 spiro atoms. The molecule has 4 rings (SSSR count). The molecule has 2 aromatic carbocycles. The van der Waals surface area contributed by atoms with Crippen molar-refractivity contribution in [3.8, 4) is 22.8 Å². The van der Waals surface area contributed by atoms with Crippen LogP contribution in [0.3, 0.4) is 0 Å². The van der Waals surface area contributed by atoms with Crippen LogP contribution in [0, 0.1) is 0 Å². The second-order valence-electron chi connectivity index (χ2n) is 7.58. The normalized spacial score (nSPS) is 10.8. The number of benzene rings is 2. The average molecular weight is 474 g/mol. The highest BCUT2D eigenvalue weighted by Crippen LogP contribution is 2.32. The number of methoxy groups -OCH3 is 1. The molecule has 0 saturated carbocycles. The van der Waals surface area contributed by atoms with E-state index >= 15 is 0 Å². The highest BCUT2D eigenvalue weighted by molar-refractivity contribution is 7.99. The zero-order valence-corrected chi connectivity index (χ0v) is 20.3. The Morgan fingerprint density at radius 3 is 2.47 bits per heavy atom. The number of amides is 1. The van der Waals surface area contributed by atoms with Crippen LogP contribution in [0.2, 0.25) is 0 Å². The van der Waals surface area contributed by atoms with Crippen molar-refractivity contribution in [3.05, 3.63) is 78.1 Å². The number of para-hydroxylation sites is 1. The van der Waals surface area contributed by atoms with Gasteiger partial charge in [-0.2, -0.15) is 0 Å². The van der Waals surface area contributed by atoms with Gasteiger partial charge in [0.15, 0.2) is 11.0 Å². The van der Waals surface area contributed by atoms with Gasteiger partial charge in [0.05, 0.1) is 18.6 Å². The smallest absolute Gasteiger partial charge is 0.234 e. The molecule has 1 amide bonds. The molecule has 0 saturated heterocycles. The first-order chi connectivity index (χ1) is 16.6. The monoisotopic (exact) mass is 473 g/mol. The maximum atomic E-state index is 12.7. The van der Waals surface area contributed by atoms with Crippen LogP contribution in [0.4, 0.5) is 5.69 Å². The third-order valence-corrected chi connectivity index (χ3v) is 6.36. The maximum absolute atomic E-state index is 12.7. The van der Waals surface area contributed by atoms with E-state index in [2.05, 4.69) is 57.1 Å². The number of ether oxygens (including phenoxy) is 1. The highest BCUT2D eigenvalue weighted by Gasteiger charge is 2.21. The lowest BCUT2D eigenvalue weighted by Crippen LogP contribution is -2.15. The zero-order chi connectivity index (χ0) is 23.9. The number of hydrogen-bond acceptors (Lipinski definition) is 6. The van der Waals surface area contributed by atoms with Gasteiger partial charge in [0.2, 0.25) is 5.91 Å². The van der Waals surface area contributed by atoms with E-state index in [4.69, 9.17) is 4.74 Å².